The Morgan fingerprint density at radius 2 is 1.83 bits per heavy atom. The van der Waals surface area contributed by atoms with Gasteiger partial charge in [0, 0.05) is 37.3 Å². The first-order chi connectivity index (χ1) is 14.7. The summed E-state index contributed by atoms with van der Waals surface area (Å²) in [6.45, 7) is 5.13. The van der Waals surface area contributed by atoms with E-state index in [0.717, 1.165) is 53.8 Å². The summed E-state index contributed by atoms with van der Waals surface area (Å²) in [6, 6.07) is 6.02. The zero-order valence-corrected chi connectivity index (χ0v) is 17.6. The average Bonchev–Trinajstić information content (AvgIpc) is 3.51. The molecule has 3 aromatic rings. The number of aromatic amines is 1. The maximum absolute atomic E-state index is 10.4. The maximum atomic E-state index is 10.4. The van der Waals surface area contributed by atoms with E-state index in [1.165, 1.54) is 25.7 Å². The maximum Gasteiger partial charge on any atom is 0.163 e. The number of methoxy groups -OCH3 is 1. The second-order valence-electron chi connectivity index (χ2n) is 8.40. The van der Waals surface area contributed by atoms with E-state index >= 15 is 0 Å². The molecule has 2 saturated heterocycles. The fourth-order valence-electron chi connectivity index (χ4n) is 4.78. The highest BCUT2D eigenvalue weighted by atomic mass is 16.5. The van der Waals surface area contributed by atoms with Gasteiger partial charge in [0.05, 0.1) is 23.5 Å². The van der Waals surface area contributed by atoms with Gasteiger partial charge >= 0.3 is 0 Å². The van der Waals surface area contributed by atoms with Crippen molar-refractivity contribution in [1.29, 1.82) is 0 Å². The number of benzene rings is 1. The van der Waals surface area contributed by atoms with Crippen LogP contribution >= 0.6 is 0 Å². The predicted octanol–water partition coefficient (Wildman–Crippen LogP) is 3.16. The van der Waals surface area contributed by atoms with E-state index in [0.29, 0.717) is 18.0 Å². The summed E-state index contributed by atoms with van der Waals surface area (Å²) in [7, 11) is 1.66. The number of anilines is 1. The molecule has 2 aromatic heterocycles. The minimum absolute atomic E-state index is 0.249. The van der Waals surface area contributed by atoms with Crippen molar-refractivity contribution in [1.82, 2.24) is 14.9 Å². The highest BCUT2D eigenvalue weighted by Gasteiger charge is 2.21. The SMILES string of the molecule is COc1cc2c(cc1OCC(O)CN1CCCC1)[nH]c1ccnc(N3CCCC3)c12. The highest BCUT2D eigenvalue weighted by Crippen LogP contribution is 2.39. The van der Waals surface area contributed by atoms with Crippen molar-refractivity contribution >= 4 is 27.6 Å². The number of nitrogens with zero attached hydrogens (tertiary/aromatic N) is 3. The number of aromatic nitrogens is 2. The van der Waals surface area contributed by atoms with Crippen LogP contribution in [0.3, 0.4) is 0 Å². The summed E-state index contributed by atoms with van der Waals surface area (Å²) < 4.78 is 11.6. The van der Waals surface area contributed by atoms with Crippen LogP contribution in [0, 0.1) is 0 Å². The summed E-state index contributed by atoms with van der Waals surface area (Å²) in [5.74, 6) is 2.36. The van der Waals surface area contributed by atoms with Crippen molar-refractivity contribution in [3.63, 3.8) is 0 Å². The number of β-amino-alcohol motifs (C(OH)–C–C–N with tert-alkyl or cyclic N) is 1. The van der Waals surface area contributed by atoms with Gasteiger partial charge in [0.1, 0.15) is 18.5 Å². The summed E-state index contributed by atoms with van der Waals surface area (Å²) in [6.07, 6.45) is 6.20. The van der Waals surface area contributed by atoms with Gasteiger partial charge in [0.25, 0.3) is 0 Å². The van der Waals surface area contributed by atoms with Gasteiger partial charge in [-0.3, -0.25) is 0 Å². The lowest BCUT2D eigenvalue weighted by atomic mass is 10.1. The van der Waals surface area contributed by atoms with Crippen molar-refractivity contribution in [2.75, 3.05) is 51.3 Å². The number of hydrogen-bond donors (Lipinski definition) is 2. The van der Waals surface area contributed by atoms with Crippen molar-refractivity contribution in [2.24, 2.45) is 0 Å². The molecule has 2 fully saturated rings. The molecule has 0 spiro atoms. The summed E-state index contributed by atoms with van der Waals surface area (Å²) in [5, 5.41) is 12.6. The van der Waals surface area contributed by atoms with Gasteiger partial charge in [-0.05, 0) is 50.9 Å². The second kappa shape index (κ2) is 8.32. The summed E-state index contributed by atoms with van der Waals surface area (Å²) >= 11 is 0. The van der Waals surface area contributed by atoms with E-state index < -0.39 is 6.10 Å². The Morgan fingerprint density at radius 3 is 2.60 bits per heavy atom. The first-order valence-electron chi connectivity index (χ1n) is 11.0. The molecular formula is C23H30N4O3. The minimum Gasteiger partial charge on any atom is -0.493 e. The lowest BCUT2D eigenvalue weighted by molar-refractivity contribution is 0.0747. The lowest BCUT2D eigenvalue weighted by Gasteiger charge is -2.20. The first-order valence-corrected chi connectivity index (χ1v) is 11.0. The van der Waals surface area contributed by atoms with Gasteiger partial charge in [-0.1, -0.05) is 0 Å². The molecule has 0 amide bonds. The summed E-state index contributed by atoms with van der Waals surface area (Å²) in [5.41, 5.74) is 2.05. The van der Waals surface area contributed by atoms with Crippen LogP contribution in [0.5, 0.6) is 11.5 Å². The van der Waals surface area contributed by atoms with Gasteiger partial charge in [0.15, 0.2) is 11.5 Å². The molecule has 30 heavy (non-hydrogen) atoms. The molecule has 0 bridgehead atoms. The molecule has 7 nitrogen and oxygen atoms in total. The third kappa shape index (κ3) is 3.68. The lowest BCUT2D eigenvalue weighted by Crippen LogP contribution is -2.33. The molecule has 7 heteroatoms. The number of nitrogens with one attached hydrogen (secondary N) is 1. The zero-order valence-electron chi connectivity index (χ0n) is 17.6. The van der Waals surface area contributed by atoms with E-state index in [1.807, 2.05) is 24.4 Å². The van der Waals surface area contributed by atoms with Crippen molar-refractivity contribution < 1.29 is 14.6 Å². The number of rotatable bonds is 7. The Bertz CT molecular complexity index is 1020. The molecule has 160 valence electrons. The van der Waals surface area contributed by atoms with Crippen LogP contribution < -0.4 is 14.4 Å². The molecule has 4 heterocycles. The molecule has 0 radical (unpaired) electrons. The molecule has 0 saturated carbocycles. The van der Waals surface area contributed by atoms with Crippen LogP contribution in [0.25, 0.3) is 21.8 Å². The number of fused-ring (bicyclic) bond motifs is 3. The fraction of sp³-hybridized carbons (Fsp3) is 0.522. The Morgan fingerprint density at radius 1 is 1.07 bits per heavy atom. The number of H-pyrrole nitrogens is 1. The van der Waals surface area contributed by atoms with Gasteiger partial charge in [-0.15, -0.1) is 0 Å². The van der Waals surface area contributed by atoms with Crippen molar-refractivity contribution in [2.45, 2.75) is 31.8 Å². The topological polar surface area (TPSA) is 73.8 Å². The normalized spacial score (nSPS) is 18.5. The molecule has 1 unspecified atom stereocenters. The molecule has 2 aliphatic heterocycles. The van der Waals surface area contributed by atoms with E-state index in [-0.39, 0.29) is 6.61 Å². The highest BCUT2D eigenvalue weighted by molar-refractivity contribution is 6.13. The number of ether oxygens (including phenoxy) is 2. The Balaban J connectivity index is 1.43. The summed E-state index contributed by atoms with van der Waals surface area (Å²) in [4.78, 5) is 12.9. The third-order valence-corrected chi connectivity index (χ3v) is 6.28. The molecule has 1 atom stereocenters. The Kier molecular flexibility index (Phi) is 5.39. The van der Waals surface area contributed by atoms with E-state index in [2.05, 4.69) is 14.8 Å². The molecule has 5 rings (SSSR count). The van der Waals surface area contributed by atoms with Gasteiger partial charge in [0.2, 0.25) is 0 Å². The van der Waals surface area contributed by atoms with E-state index in [1.54, 1.807) is 7.11 Å². The van der Waals surface area contributed by atoms with E-state index in [9.17, 15) is 5.11 Å². The van der Waals surface area contributed by atoms with Crippen LogP contribution in [0.1, 0.15) is 25.7 Å². The van der Waals surface area contributed by atoms with Crippen LogP contribution in [-0.2, 0) is 0 Å². The molecular weight excluding hydrogens is 380 g/mol. The number of aliphatic hydroxyl groups is 1. The number of hydrogen-bond acceptors (Lipinski definition) is 6. The number of likely N-dealkylation sites (tertiary alicyclic amines) is 1. The Hall–Kier alpha value is -2.51. The van der Waals surface area contributed by atoms with Crippen LogP contribution in [-0.4, -0.2) is 72.5 Å². The monoisotopic (exact) mass is 410 g/mol. The van der Waals surface area contributed by atoms with Gasteiger partial charge < -0.3 is 29.4 Å². The van der Waals surface area contributed by atoms with Gasteiger partial charge in [-0.25, -0.2) is 4.98 Å². The van der Waals surface area contributed by atoms with Crippen LogP contribution in [0.2, 0.25) is 0 Å². The smallest absolute Gasteiger partial charge is 0.163 e. The molecule has 2 aliphatic rings. The fourth-order valence-corrected chi connectivity index (χ4v) is 4.78. The third-order valence-electron chi connectivity index (χ3n) is 6.28. The van der Waals surface area contributed by atoms with Gasteiger partial charge in [-0.2, -0.15) is 0 Å². The first kappa shape index (κ1) is 19.5. The molecule has 1 aromatic carbocycles. The Labute approximate surface area is 176 Å². The predicted molar refractivity (Wildman–Crippen MR) is 119 cm³/mol. The van der Waals surface area contributed by atoms with Crippen molar-refractivity contribution in [3.05, 3.63) is 24.4 Å². The molecule has 0 aliphatic carbocycles. The molecule has 2 N–H and O–H groups in total. The minimum atomic E-state index is -0.516. The average molecular weight is 411 g/mol. The van der Waals surface area contributed by atoms with Crippen LogP contribution in [0.15, 0.2) is 24.4 Å². The zero-order chi connectivity index (χ0) is 20.5. The van der Waals surface area contributed by atoms with Crippen LogP contribution in [0.4, 0.5) is 5.82 Å². The number of aliphatic hydroxyl groups excluding tert-OH is 1. The van der Waals surface area contributed by atoms with Crippen molar-refractivity contribution in [3.8, 4) is 11.5 Å². The van der Waals surface area contributed by atoms with E-state index in [4.69, 9.17) is 14.5 Å². The second-order valence-corrected chi connectivity index (χ2v) is 8.40. The quantitative estimate of drug-likeness (QED) is 0.623. The largest absolute Gasteiger partial charge is 0.493 e. The number of pyridine rings is 1. The standard InChI is InChI=1S/C23H30N4O3/c1-29-20-12-17-19(13-21(20)30-15-16(28)14-26-8-2-3-9-26)25-18-6-7-24-23(22(17)18)27-10-4-5-11-27/h6-7,12-13,16,25,28H,2-5,8-11,14-15H2,1H3.